The number of hydrogen-bond donors (Lipinski definition) is 1. The van der Waals surface area contributed by atoms with Crippen LogP contribution < -0.4 is 5.73 Å². The van der Waals surface area contributed by atoms with Crippen molar-refractivity contribution in [3.63, 3.8) is 0 Å². The number of nitrogens with two attached hydrogens (primary N) is 1. The van der Waals surface area contributed by atoms with E-state index in [0.29, 0.717) is 0 Å². The second-order valence-electron chi connectivity index (χ2n) is 4.77. The van der Waals surface area contributed by atoms with E-state index in [4.69, 9.17) is 5.73 Å². The van der Waals surface area contributed by atoms with E-state index in [1.54, 1.807) is 0 Å². The van der Waals surface area contributed by atoms with Crippen LogP contribution in [0.3, 0.4) is 0 Å². The molecule has 0 fully saturated rings. The molecule has 0 aromatic heterocycles. The van der Waals surface area contributed by atoms with Gasteiger partial charge in [0.2, 0.25) is 0 Å². The monoisotopic (exact) mass is 247 g/mol. The molecule has 0 saturated carbocycles. The van der Waals surface area contributed by atoms with Gasteiger partial charge >= 0.3 is 0 Å². The van der Waals surface area contributed by atoms with Crippen LogP contribution in [0.15, 0.2) is 60.7 Å². The third-order valence-electron chi connectivity index (χ3n) is 3.61. The van der Waals surface area contributed by atoms with Crippen LogP contribution in [0.4, 0.5) is 5.69 Å². The lowest BCUT2D eigenvalue weighted by molar-refractivity contribution is 1.15. The van der Waals surface area contributed by atoms with Crippen LogP contribution in [0.5, 0.6) is 0 Å². The molecule has 1 nitrogen and oxygen atoms in total. The summed E-state index contributed by atoms with van der Waals surface area (Å²) in [6, 6.07) is 21.0. The van der Waals surface area contributed by atoms with Gasteiger partial charge in [-0.1, -0.05) is 67.6 Å². The zero-order chi connectivity index (χ0) is 13.2. The molecule has 0 amide bonds. The topological polar surface area (TPSA) is 26.0 Å². The van der Waals surface area contributed by atoms with Gasteiger partial charge in [0.25, 0.3) is 0 Å². The summed E-state index contributed by atoms with van der Waals surface area (Å²) in [5, 5.41) is 2.36. The number of aryl methyl sites for hydroxylation is 1. The fraction of sp³-hybridized carbons (Fsp3) is 0.111. The molecule has 1 heteroatoms. The largest absolute Gasteiger partial charge is 0.398 e. The van der Waals surface area contributed by atoms with Gasteiger partial charge < -0.3 is 5.73 Å². The molecule has 2 N–H and O–H groups in total. The van der Waals surface area contributed by atoms with Gasteiger partial charge in [-0.3, -0.25) is 0 Å². The molecule has 3 rings (SSSR count). The molecule has 0 aliphatic carbocycles. The summed E-state index contributed by atoms with van der Waals surface area (Å²) in [6.45, 7) is 2.18. The van der Waals surface area contributed by atoms with Crippen LogP contribution in [0, 0.1) is 0 Å². The lowest BCUT2D eigenvalue weighted by Crippen LogP contribution is -1.97. The first-order valence-electron chi connectivity index (χ1n) is 6.66. The van der Waals surface area contributed by atoms with Crippen molar-refractivity contribution in [1.29, 1.82) is 0 Å². The first kappa shape index (κ1) is 11.8. The summed E-state index contributed by atoms with van der Waals surface area (Å²) >= 11 is 0. The minimum Gasteiger partial charge on any atom is -0.398 e. The van der Waals surface area contributed by atoms with Crippen LogP contribution in [0.2, 0.25) is 0 Å². The highest BCUT2D eigenvalue weighted by molar-refractivity contribution is 6.01. The molecular weight excluding hydrogens is 230 g/mol. The number of hydrogen-bond acceptors (Lipinski definition) is 1. The predicted octanol–water partition coefficient (Wildman–Crippen LogP) is 4.65. The van der Waals surface area contributed by atoms with Crippen molar-refractivity contribution < 1.29 is 0 Å². The Balaban J connectivity index is 2.37. The highest BCUT2D eigenvalue weighted by Crippen LogP contribution is 2.36. The fourth-order valence-corrected chi connectivity index (χ4v) is 2.66. The van der Waals surface area contributed by atoms with Crippen LogP contribution in [0.25, 0.3) is 21.9 Å². The van der Waals surface area contributed by atoms with Crippen LogP contribution >= 0.6 is 0 Å². The number of benzene rings is 3. The highest BCUT2D eigenvalue weighted by Gasteiger charge is 2.11. The van der Waals surface area contributed by atoms with E-state index < -0.39 is 0 Å². The molecule has 94 valence electrons. The molecule has 3 aromatic rings. The van der Waals surface area contributed by atoms with Gasteiger partial charge in [-0.15, -0.1) is 0 Å². The molecule has 0 atom stereocenters. The van der Waals surface area contributed by atoms with E-state index in [9.17, 15) is 0 Å². The predicted molar refractivity (Wildman–Crippen MR) is 83.2 cm³/mol. The Morgan fingerprint density at radius 2 is 1.58 bits per heavy atom. The van der Waals surface area contributed by atoms with Crippen molar-refractivity contribution in [1.82, 2.24) is 0 Å². The summed E-state index contributed by atoms with van der Waals surface area (Å²) in [7, 11) is 0. The van der Waals surface area contributed by atoms with E-state index in [2.05, 4.69) is 55.5 Å². The van der Waals surface area contributed by atoms with Crippen molar-refractivity contribution in [2.24, 2.45) is 0 Å². The summed E-state index contributed by atoms with van der Waals surface area (Å²) in [5.41, 5.74) is 11.0. The van der Waals surface area contributed by atoms with Crippen molar-refractivity contribution in [2.75, 3.05) is 5.73 Å². The molecule has 0 aliphatic heterocycles. The molecule has 0 spiro atoms. The van der Waals surface area contributed by atoms with Gasteiger partial charge in [0, 0.05) is 16.6 Å². The van der Waals surface area contributed by atoms with E-state index >= 15 is 0 Å². The van der Waals surface area contributed by atoms with Crippen molar-refractivity contribution in [3.05, 3.63) is 66.2 Å². The summed E-state index contributed by atoms with van der Waals surface area (Å²) < 4.78 is 0. The average Bonchev–Trinajstić information content (AvgIpc) is 2.48. The Morgan fingerprint density at radius 3 is 2.32 bits per heavy atom. The quantitative estimate of drug-likeness (QED) is 0.655. The van der Waals surface area contributed by atoms with Gasteiger partial charge in [0.15, 0.2) is 0 Å². The molecule has 19 heavy (non-hydrogen) atoms. The molecule has 0 aliphatic rings. The molecule has 0 unspecified atom stereocenters. The second-order valence-corrected chi connectivity index (χ2v) is 4.77. The van der Waals surface area contributed by atoms with Crippen molar-refractivity contribution >= 4 is 16.5 Å². The Labute approximate surface area is 113 Å². The summed E-state index contributed by atoms with van der Waals surface area (Å²) in [4.78, 5) is 0. The van der Waals surface area contributed by atoms with Crippen LogP contribution in [-0.2, 0) is 6.42 Å². The number of fused-ring (bicyclic) bond motifs is 1. The Bertz CT molecular complexity index is 714. The summed E-state index contributed by atoms with van der Waals surface area (Å²) in [6.07, 6.45) is 0.985. The van der Waals surface area contributed by atoms with Crippen molar-refractivity contribution in [3.8, 4) is 11.1 Å². The average molecular weight is 247 g/mol. The SMILES string of the molecule is CCc1cc2ccccc2c(N)c1-c1ccccc1. The lowest BCUT2D eigenvalue weighted by atomic mass is 9.92. The maximum absolute atomic E-state index is 6.43. The molecule has 0 heterocycles. The standard InChI is InChI=1S/C18H17N/c1-2-13-12-15-10-6-7-11-16(15)18(19)17(13)14-8-4-3-5-9-14/h3-12H,2,19H2,1H3. The second kappa shape index (κ2) is 4.77. The van der Waals surface area contributed by atoms with E-state index in [1.807, 2.05) is 12.1 Å². The smallest absolute Gasteiger partial charge is 0.0476 e. The molecule has 0 radical (unpaired) electrons. The zero-order valence-electron chi connectivity index (χ0n) is 11.1. The zero-order valence-corrected chi connectivity index (χ0v) is 11.1. The number of anilines is 1. The van der Waals surface area contributed by atoms with Gasteiger partial charge in [0.05, 0.1) is 0 Å². The van der Waals surface area contributed by atoms with Gasteiger partial charge in [0.1, 0.15) is 0 Å². The fourth-order valence-electron chi connectivity index (χ4n) is 2.66. The summed E-state index contributed by atoms with van der Waals surface area (Å²) in [5.74, 6) is 0. The number of rotatable bonds is 2. The lowest BCUT2D eigenvalue weighted by Gasteiger charge is -2.14. The molecule has 0 saturated heterocycles. The first-order chi connectivity index (χ1) is 9.31. The van der Waals surface area contributed by atoms with Crippen LogP contribution in [-0.4, -0.2) is 0 Å². The van der Waals surface area contributed by atoms with E-state index in [0.717, 1.165) is 17.5 Å². The first-order valence-corrected chi connectivity index (χ1v) is 6.66. The third-order valence-corrected chi connectivity index (χ3v) is 3.61. The highest BCUT2D eigenvalue weighted by atomic mass is 14.6. The van der Waals surface area contributed by atoms with Gasteiger partial charge in [-0.25, -0.2) is 0 Å². The van der Waals surface area contributed by atoms with Crippen LogP contribution in [0.1, 0.15) is 12.5 Å². The minimum atomic E-state index is 0.890. The molecule has 3 aromatic carbocycles. The van der Waals surface area contributed by atoms with Gasteiger partial charge in [-0.2, -0.15) is 0 Å². The molecule has 0 bridgehead atoms. The van der Waals surface area contributed by atoms with E-state index in [1.165, 1.54) is 22.1 Å². The third kappa shape index (κ3) is 1.97. The minimum absolute atomic E-state index is 0.890. The maximum atomic E-state index is 6.43. The Hall–Kier alpha value is -2.28. The Morgan fingerprint density at radius 1 is 0.895 bits per heavy atom. The maximum Gasteiger partial charge on any atom is 0.0476 e. The van der Waals surface area contributed by atoms with E-state index in [-0.39, 0.29) is 0 Å². The normalized spacial score (nSPS) is 10.8. The van der Waals surface area contributed by atoms with Gasteiger partial charge in [-0.05, 0) is 22.9 Å². The molecular formula is C18H17N. The van der Waals surface area contributed by atoms with Crippen molar-refractivity contribution in [2.45, 2.75) is 13.3 Å². The number of nitrogen functional groups attached to an aromatic ring is 1. The Kier molecular flexibility index (Phi) is 2.96.